The van der Waals surface area contributed by atoms with E-state index < -0.39 is 0 Å². The van der Waals surface area contributed by atoms with Crippen molar-refractivity contribution >= 4 is 0 Å². The summed E-state index contributed by atoms with van der Waals surface area (Å²) in [5.41, 5.74) is 6.09. The number of ether oxygens (including phenoxy) is 1. The van der Waals surface area contributed by atoms with Crippen molar-refractivity contribution in [3.63, 3.8) is 0 Å². The average Bonchev–Trinajstić information content (AvgIpc) is 2.99. The third-order valence-electron chi connectivity index (χ3n) is 6.20. The number of benzene rings is 1. The largest absolute Gasteiger partial charge is 0.490 e. The summed E-state index contributed by atoms with van der Waals surface area (Å²) < 4.78 is 5.88. The van der Waals surface area contributed by atoms with E-state index in [1.807, 2.05) is 0 Å². The first-order chi connectivity index (χ1) is 16.0. The molecule has 1 aliphatic carbocycles. The maximum atomic E-state index is 5.88. The summed E-state index contributed by atoms with van der Waals surface area (Å²) in [6, 6.07) is 8.42. The van der Waals surface area contributed by atoms with Crippen LogP contribution in [-0.4, -0.2) is 16.6 Å². The van der Waals surface area contributed by atoms with Gasteiger partial charge in [0, 0.05) is 24.2 Å². The zero-order valence-corrected chi connectivity index (χ0v) is 20.7. The van der Waals surface area contributed by atoms with Gasteiger partial charge in [0.25, 0.3) is 0 Å². The number of rotatable bonds is 12. The molecule has 0 amide bonds. The van der Waals surface area contributed by atoms with Crippen LogP contribution >= 0.6 is 0 Å². The average molecular weight is 446 g/mol. The molecule has 0 spiro atoms. The molecule has 1 atom stereocenters. The summed E-state index contributed by atoms with van der Waals surface area (Å²) >= 11 is 0. The van der Waals surface area contributed by atoms with Crippen molar-refractivity contribution in [2.75, 3.05) is 6.61 Å². The van der Waals surface area contributed by atoms with Crippen molar-refractivity contribution in [1.82, 2.24) is 15.3 Å². The highest BCUT2D eigenvalue weighted by Crippen LogP contribution is 2.20. The van der Waals surface area contributed by atoms with Crippen molar-refractivity contribution in [2.45, 2.75) is 72.8 Å². The molecule has 0 saturated carbocycles. The smallest absolute Gasteiger partial charge is 0.159 e. The van der Waals surface area contributed by atoms with Gasteiger partial charge < -0.3 is 10.1 Å². The SMILES string of the molecule is CCCCCC(C)CCOc1cnc(-c2cccc(CNC3=C(C)C=CC(C)=CC3)c2)nc1. The van der Waals surface area contributed by atoms with E-state index >= 15 is 0 Å². The zero-order valence-electron chi connectivity index (χ0n) is 20.7. The summed E-state index contributed by atoms with van der Waals surface area (Å²) in [6.45, 7) is 10.4. The quantitative estimate of drug-likeness (QED) is 0.346. The van der Waals surface area contributed by atoms with Crippen LogP contribution in [0.15, 0.2) is 71.7 Å². The van der Waals surface area contributed by atoms with Gasteiger partial charge in [-0.1, -0.05) is 81.5 Å². The molecule has 176 valence electrons. The van der Waals surface area contributed by atoms with E-state index in [0.29, 0.717) is 5.92 Å². The molecule has 1 unspecified atom stereocenters. The Morgan fingerprint density at radius 3 is 2.67 bits per heavy atom. The van der Waals surface area contributed by atoms with Crippen molar-refractivity contribution < 1.29 is 4.74 Å². The molecule has 2 aromatic rings. The minimum absolute atomic E-state index is 0.696. The van der Waals surface area contributed by atoms with Crippen molar-refractivity contribution in [1.29, 1.82) is 0 Å². The molecule has 1 heterocycles. The van der Waals surface area contributed by atoms with Gasteiger partial charge >= 0.3 is 0 Å². The predicted octanol–water partition coefficient (Wildman–Crippen LogP) is 7.40. The highest BCUT2D eigenvalue weighted by Gasteiger charge is 2.07. The lowest BCUT2D eigenvalue weighted by molar-refractivity contribution is 0.275. The molecule has 4 nitrogen and oxygen atoms in total. The van der Waals surface area contributed by atoms with E-state index in [0.717, 1.165) is 43.1 Å². The van der Waals surface area contributed by atoms with Crippen LogP contribution in [0.25, 0.3) is 11.4 Å². The molecule has 1 aromatic carbocycles. The molecular weight excluding hydrogens is 406 g/mol. The van der Waals surface area contributed by atoms with Crippen LogP contribution in [0, 0.1) is 5.92 Å². The molecule has 0 fully saturated rings. The Hall–Kier alpha value is -2.88. The standard InChI is InChI=1S/C29H39N3O/c1-5-6-7-9-22(2)16-17-33-27-20-31-29(32-21-27)26-11-8-10-25(18-26)19-30-28-15-13-23(3)12-14-24(28)4/h8,10-14,18,20-22,30H,5-7,9,15-17,19H2,1-4H3. The normalized spacial score (nSPS) is 14.6. The van der Waals surface area contributed by atoms with Crippen LogP contribution < -0.4 is 10.1 Å². The number of nitrogens with one attached hydrogen (secondary N) is 1. The second-order valence-electron chi connectivity index (χ2n) is 9.18. The first kappa shape index (κ1) is 24.8. The molecule has 0 aliphatic heterocycles. The molecule has 1 aliphatic rings. The number of nitrogens with zero attached hydrogens (tertiary/aromatic N) is 2. The first-order valence-corrected chi connectivity index (χ1v) is 12.4. The fourth-order valence-electron chi connectivity index (χ4n) is 3.89. The third-order valence-corrected chi connectivity index (χ3v) is 6.20. The van der Waals surface area contributed by atoms with E-state index in [1.54, 1.807) is 12.4 Å². The molecule has 4 heteroatoms. The third kappa shape index (κ3) is 8.20. The number of unbranched alkanes of at least 4 members (excludes halogenated alkanes) is 2. The van der Waals surface area contributed by atoms with Crippen molar-refractivity contribution in [3.8, 4) is 17.1 Å². The Labute approximate surface area is 199 Å². The molecule has 1 N–H and O–H groups in total. The Morgan fingerprint density at radius 1 is 1.06 bits per heavy atom. The summed E-state index contributed by atoms with van der Waals surface area (Å²) in [7, 11) is 0. The fourth-order valence-corrected chi connectivity index (χ4v) is 3.89. The van der Waals surface area contributed by atoms with Gasteiger partial charge in [-0.25, -0.2) is 9.97 Å². The van der Waals surface area contributed by atoms with Crippen LogP contribution in [0.5, 0.6) is 5.75 Å². The van der Waals surface area contributed by atoms with Gasteiger partial charge in [0.2, 0.25) is 0 Å². The first-order valence-electron chi connectivity index (χ1n) is 12.4. The van der Waals surface area contributed by atoms with Crippen LogP contribution in [0.3, 0.4) is 0 Å². The Kier molecular flexibility index (Phi) is 9.74. The number of hydrogen-bond acceptors (Lipinski definition) is 4. The minimum atomic E-state index is 0.696. The second-order valence-corrected chi connectivity index (χ2v) is 9.18. The van der Waals surface area contributed by atoms with Gasteiger partial charge in [0.15, 0.2) is 11.6 Å². The van der Waals surface area contributed by atoms with Crippen LogP contribution in [0.4, 0.5) is 0 Å². The van der Waals surface area contributed by atoms with Crippen LogP contribution in [0.2, 0.25) is 0 Å². The number of aromatic nitrogens is 2. The van der Waals surface area contributed by atoms with E-state index in [9.17, 15) is 0 Å². The van der Waals surface area contributed by atoms with Gasteiger partial charge in [-0.05, 0) is 43.4 Å². The molecular formula is C29H39N3O. The van der Waals surface area contributed by atoms with E-state index in [2.05, 4.69) is 85.5 Å². The topological polar surface area (TPSA) is 47.0 Å². The van der Waals surface area contributed by atoms with E-state index in [4.69, 9.17) is 4.74 Å². The molecule has 33 heavy (non-hydrogen) atoms. The molecule has 0 saturated heterocycles. The molecule has 0 bridgehead atoms. The summed E-state index contributed by atoms with van der Waals surface area (Å²) in [6.07, 6.45) is 17.4. The number of hydrogen-bond donors (Lipinski definition) is 1. The molecule has 1 aromatic heterocycles. The highest BCUT2D eigenvalue weighted by molar-refractivity contribution is 5.56. The monoisotopic (exact) mass is 445 g/mol. The fraction of sp³-hybridized carbons (Fsp3) is 0.448. The van der Waals surface area contributed by atoms with Gasteiger partial charge in [0.1, 0.15) is 0 Å². The maximum absolute atomic E-state index is 5.88. The predicted molar refractivity (Wildman–Crippen MR) is 138 cm³/mol. The lowest BCUT2D eigenvalue weighted by Crippen LogP contribution is -2.13. The summed E-state index contributed by atoms with van der Waals surface area (Å²) in [5.74, 6) is 2.16. The summed E-state index contributed by atoms with van der Waals surface area (Å²) in [5, 5.41) is 3.61. The maximum Gasteiger partial charge on any atom is 0.159 e. The van der Waals surface area contributed by atoms with Crippen molar-refractivity contribution in [3.05, 3.63) is 77.3 Å². The lowest BCUT2D eigenvalue weighted by atomic mass is 10.0. The van der Waals surface area contributed by atoms with Gasteiger partial charge in [0.05, 0.1) is 19.0 Å². The molecule has 0 radical (unpaired) electrons. The van der Waals surface area contributed by atoms with E-state index in [-0.39, 0.29) is 0 Å². The highest BCUT2D eigenvalue weighted by atomic mass is 16.5. The zero-order chi connectivity index (χ0) is 23.5. The Balaban J connectivity index is 1.52. The van der Waals surface area contributed by atoms with Gasteiger partial charge in [-0.2, -0.15) is 0 Å². The summed E-state index contributed by atoms with van der Waals surface area (Å²) in [4.78, 5) is 9.10. The Morgan fingerprint density at radius 2 is 1.88 bits per heavy atom. The lowest BCUT2D eigenvalue weighted by Gasteiger charge is -2.13. The minimum Gasteiger partial charge on any atom is -0.490 e. The number of allylic oxidation sites excluding steroid dienone is 5. The molecule has 3 rings (SSSR count). The van der Waals surface area contributed by atoms with Crippen molar-refractivity contribution in [2.24, 2.45) is 5.92 Å². The van der Waals surface area contributed by atoms with Gasteiger partial charge in [-0.3, -0.25) is 0 Å². The second kappa shape index (κ2) is 13.0. The van der Waals surface area contributed by atoms with Crippen LogP contribution in [-0.2, 0) is 6.54 Å². The Bertz CT molecular complexity index is 973. The van der Waals surface area contributed by atoms with E-state index in [1.165, 1.54) is 48.1 Å². The van der Waals surface area contributed by atoms with Gasteiger partial charge in [-0.15, -0.1) is 0 Å². The van der Waals surface area contributed by atoms with Crippen LogP contribution in [0.1, 0.15) is 71.8 Å².